The third-order valence-electron chi connectivity index (χ3n) is 5.80. The van der Waals surface area contributed by atoms with Crippen LogP contribution < -0.4 is 10.1 Å². The van der Waals surface area contributed by atoms with Crippen LogP contribution in [0.25, 0.3) is 0 Å². The highest BCUT2D eigenvalue weighted by molar-refractivity contribution is 7.99. The molecular formula is C27H30Cl2N4O3S. The Morgan fingerprint density at radius 2 is 1.89 bits per heavy atom. The van der Waals surface area contributed by atoms with Gasteiger partial charge < -0.3 is 14.8 Å². The Morgan fingerprint density at radius 1 is 1.11 bits per heavy atom. The minimum atomic E-state index is -0.474. The number of allylic oxidation sites excluding steroid dienone is 1. The fourth-order valence-corrected chi connectivity index (χ4v) is 4.89. The molecule has 0 fully saturated rings. The number of aromatic nitrogens is 3. The monoisotopic (exact) mass is 560 g/mol. The molecule has 0 aliphatic carbocycles. The zero-order valence-corrected chi connectivity index (χ0v) is 23.4. The third kappa shape index (κ3) is 6.61. The van der Waals surface area contributed by atoms with E-state index in [1.54, 1.807) is 28.6 Å². The molecular weight excluding hydrogens is 531 g/mol. The van der Waals surface area contributed by atoms with Crippen molar-refractivity contribution in [1.82, 2.24) is 14.8 Å². The molecule has 2 aromatic carbocycles. The standard InChI is InChI=1S/C27H30Cl2N4O3S/c1-4-6-13-35-25(34)23-17(3)30-26-31-27(37-14-5-2)32-33(26)24(23)19-8-10-20(11-9-19)36-16-18-7-12-21(28)22(29)15-18/h7-12,15,24H,4-6,13-14,16H2,1-3H3,(H,30,31,32). The average molecular weight is 562 g/mol. The van der Waals surface area contributed by atoms with Crippen LogP contribution in [0.15, 0.2) is 58.9 Å². The molecule has 0 saturated heterocycles. The minimum Gasteiger partial charge on any atom is -0.489 e. The van der Waals surface area contributed by atoms with E-state index in [2.05, 4.69) is 24.1 Å². The van der Waals surface area contributed by atoms with E-state index in [0.717, 1.165) is 36.1 Å². The van der Waals surface area contributed by atoms with Crippen molar-refractivity contribution in [3.63, 3.8) is 0 Å². The lowest BCUT2D eigenvalue weighted by atomic mass is 9.96. The Balaban J connectivity index is 1.60. The number of unbranched alkanes of at least 4 members (excludes halogenated alkanes) is 1. The maximum absolute atomic E-state index is 13.2. The summed E-state index contributed by atoms with van der Waals surface area (Å²) < 4.78 is 13.3. The number of hydrogen-bond acceptors (Lipinski definition) is 7. The van der Waals surface area contributed by atoms with Crippen LogP contribution in [0.2, 0.25) is 10.0 Å². The van der Waals surface area contributed by atoms with E-state index in [1.165, 1.54) is 0 Å². The predicted octanol–water partition coefficient (Wildman–Crippen LogP) is 7.30. The summed E-state index contributed by atoms with van der Waals surface area (Å²) in [5.74, 6) is 1.85. The van der Waals surface area contributed by atoms with Gasteiger partial charge in [0.05, 0.1) is 22.2 Å². The largest absolute Gasteiger partial charge is 0.489 e. The lowest BCUT2D eigenvalue weighted by molar-refractivity contribution is -0.139. The maximum Gasteiger partial charge on any atom is 0.338 e. The Kier molecular flexibility index (Phi) is 9.40. The minimum absolute atomic E-state index is 0.350. The number of rotatable bonds is 11. The number of benzene rings is 2. The summed E-state index contributed by atoms with van der Waals surface area (Å²) >= 11 is 13.7. The van der Waals surface area contributed by atoms with Gasteiger partial charge in [-0.2, -0.15) is 4.98 Å². The molecule has 0 saturated carbocycles. The Morgan fingerprint density at radius 3 is 2.59 bits per heavy atom. The third-order valence-corrected chi connectivity index (χ3v) is 7.59. The van der Waals surface area contributed by atoms with Crippen LogP contribution in [0.1, 0.15) is 57.2 Å². The van der Waals surface area contributed by atoms with Crippen LogP contribution in [-0.2, 0) is 16.1 Å². The molecule has 1 aliphatic rings. The van der Waals surface area contributed by atoms with Crippen LogP contribution in [0.5, 0.6) is 5.75 Å². The van der Waals surface area contributed by atoms with E-state index in [4.69, 9.17) is 37.8 Å². The number of halogens is 2. The van der Waals surface area contributed by atoms with Gasteiger partial charge in [-0.25, -0.2) is 9.48 Å². The average Bonchev–Trinajstić information content (AvgIpc) is 3.30. The first-order chi connectivity index (χ1) is 17.9. The van der Waals surface area contributed by atoms with Crippen LogP contribution >= 0.6 is 35.0 Å². The molecule has 0 radical (unpaired) electrons. The number of anilines is 1. The van der Waals surface area contributed by atoms with Gasteiger partial charge >= 0.3 is 5.97 Å². The number of ether oxygens (including phenoxy) is 2. The first kappa shape index (κ1) is 27.4. The molecule has 1 N–H and O–H groups in total. The Hall–Kier alpha value is -2.68. The Bertz CT molecular complexity index is 1280. The molecule has 37 heavy (non-hydrogen) atoms. The quantitative estimate of drug-likeness (QED) is 0.150. The SMILES string of the molecule is CCCCOC(=O)C1=C(C)Nc2nc(SCCC)nn2C1c1ccc(OCc2ccc(Cl)c(Cl)c2)cc1. The number of carbonyl (C=O) groups is 1. The molecule has 1 atom stereocenters. The molecule has 0 bridgehead atoms. The van der Waals surface area contributed by atoms with E-state index in [9.17, 15) is 4.79 Å². The van der Waals surface area contributed by atoms with E-state index in [-0.39, 0.29) is 5.97 Å². The van der Waals surface area contributed by atoms with Crippen LogP contribution in [0, 0.1) is 0 Å². The zero-order chi connectivity index (χ0) is 26.4. The summed E-state index contributed by atoms with van der Waals surface area (Å²) in [6.07, 6.45) is 2.77. The number of nitrogens with zero attached hydrogens (tertiary/aromatic N) is 3. The molecule has 0 spiro atoms. The second kappa shape index (κ2) is 12.7. The van der Waals surface area contributed by atoms with Gasteiger partial charge in [0.2, 0.25) is 11.1 Å². The highest BCUT2D eigenvalue weighted by Crippen LogP contribution is 2.37. The number of fused-ring (bicyclic) bond motifs is 1. The lowest BCUT2D eigenvalue weighted by Gasteiger charge is -2.28. The zero-order valence-electron chi connectivity index (χ0n) is 21.1. The van der Waals surface area contributed by atoms with Crippen molar-refractivity contribution in [2.45, 2.75) is 57.8 Å². The van der Waals surface area contributed by atoms with E-state index < -0.39 is 6.04 Å². The fourth-order valence-electron chi connectivity index (χ4n) is 3.89. The van der Waals surface area contributed by atoms with E-state index in [1.807, 2.05) is 37.3 Å². The van der Waals surface area contributed by atoms with Gasteiger partial charge in [-0.15, -0.1) is 5.10 Å². The summed E-state index contributed by atoms with van der Waals surface area (Å²) in [4.78, 5) is 17.9. The molecule has 1 unspecified atom stereocenters. The number of carbonyl (C=O) groups excluding carboxylic acids is 1. The fraction of sp³-hybridized carbons (Fsp3) is 0.370. The second-order valence-electron chi connectivity index (χ2n) is 8.67. The van der Waals surface area contributed by atoms with Crippen LogP contribution in [-0.4, -0.2) is 33.1 Å². The lowest BCUT2D eigenvalue weighted by Crippen LogP contribution is -2.29. The number of esters is 1. The molecule has 1 aliphatic heterocycles. The van der Waals surface area contributed by atoms with Crippen molar-refractivity contribution >= 4 is 46.9 Å². The van der Waals surface area contributed by atoms with Crippen LogP contribution in [0.3, 0.4) is 0 Å². The number of thioether (sulfide) groups is 1. The summed E-state index contributed by atoms with van der Waals surface area (Å²) in [6.45, 7) is 6.77. The van der Waals surface area contributed by atoms with Crippen molar-refractivity contribution in [2.75, 3.05) is 17.7 Å². The summed E-state index contributed by atoms with van der Waals surface area (Å²) in [5, 5.41) is 9.65. The first-order valence-corrected chi connectivity index (χ1v) is 14.1. The van der Waals surface area contributed by atoms with Crippen molar-refractivity contribution < 1.29 is 14.3 Å². The molecule has 10 heteroatoms. The van der Waals surface area contributed by atoms with Crippen molar-refractivity contribution in [3.8, 4) is 5.75 Å². The topological polar surface area (TPSA) is 78.3 Å². The second-order valence-corrected chi connectivity index (χ2v) is 10.5. The molecule has 1 aromatic heterocycles. The first-order valence-electron chi connectivity index (χ1n) is 12.3. The van der Waals surface area contributed by atoms with Gasteiger partial charge in [-0.1, -0.05) is 73.4 Å². The van der Waals surface area contributed by atoms with Gasteiger partial charge in [0.15, 0.2) is 0 Å². The van der Waals surface area contributed by atoms with Crippen LogP contribution in [0.4, 0.5) is 5.95 Å². The van der Waals surface area contributed by atoms with Gasteiger partial charge in [0, 0.05) is 11.4 Å². The van der Waals surface area contributed by atoms with Crippen molar-refractivity contribution in [3.05, 3.63) is 74.9 Å². The molecule has 7 nitrogen and oxygen atoms in total. The van der Waals surface area contributed by atoms with Crippen molar-refractivity contribution in [1.29, 1.82) is 0 Å². The van der Waals surface area contributed by atoms with Crippen molar-refractivity contribution in [2.24, 2.45) is 0 Å². The maximum atomic E-state index is 13.2. The van der Waals surface area contributed by atoms with Gasteiger partial charge in [-0.05, 0) is 55.2 Å². The smallest absolute Gasteiger partial charge is 0.338 e. The van der Waals surface area contributed by atoms with E-state index in [0.29, 0.717) is 51.4 Å². The molecule has 2 heterocycles. The van der Waals surface area contributed by atoms with E-state index >= 15 is 0 Å². The van der Waals surface area contributed by atoms with Gasteiger partial charge in [0.1, 0.15) is 18.4 Å². The predicted molar refractivity (Wildman–Crippen MR) is 149 cm³/mol. The summed E-state index contributed by atoms with van der Waals surface area (Å²) in [5.41, 5.74) is 3.02. The number of nitrogens with one attached hydrogen (secondary N) is 1. The van der Waals surface area contributed by atoms with Gasteiger partial charge in [0.25, 0.3) is 0 Å². The summed E-state index contributed by atoms with van der Waals surface area (Å²) in [6, 6.07) is 12.6. The molecule has 0 amide bonds. The highest BCUT2D eigenvalue weighted by atomic mass is 35.5. The molecule has 4 rings (SSSR count). The normalized spacial score (nSPS) is 14.8. The number of hydrogen-bond donors (Lipinski definition) is 1. The Labute approximate surface area is 231 Å². The molecule has 196 valence electrons. The summed E-state index contributed by atoms with van der Waals surface area (Å²) in [7, 11) is 0. The highest BCUT2D eigenvalue weighted by Gasteiger charge is 2.35. The molecule has 3 aromatic rings. The van der Waals surface area contributed by atoms with Gasteiger partial charge in [-0.3, -0.25) is 0 Å².